The lowest BCUT2D eigenvalue weighted by molar-refractivity contribution is 0.973. The second-order valence-electron chi connectivity index (χ2n) is 3.90. The molecule has 0 N–H and O–H groups in total. The van der Waals surface area contributed by atoms with Crippen LogP contribution < -0.4 is 10.5 Å². The van der Waals surface area contributed by atoms with E-state index in [0.29, 0.717) is 22.5 Å². The third kappa shape index (κ3) is 1.56. The molecule has 1 aliphatic heterocycles. The summed E-state index contributed by atoms with van der Waals surface area (Å²) in [7, 11) is 1.91. The Hall–Kier alpha value is -2.30. The maximum Gasteiger partial charge on any atom is 0.281 e. The van der Waals surface area contributed by atoms with Crippen molar-refractivity contribution < 1.29 is 0 Å². The van der Waals surface area contributed by atoms with Gasteiger partial charge in [0.1, 0.15) is 5.69 Å². The fourth-order valence-corrected chi connectivity index (χ4v) is 1.83. The molecule has 5 heteroatoms. The molecule has 0 saturated heterocycles. The van der Waals surface area contributed by atoms with Crippen molar-refractivity contribution in [2.24, 2.45) is 0 Å². The zero-order valence-corrected chi connectivity index (χ0v) is 9.29. The summed E-state index contributed by atoms with van der Waals surface area (Å²) in [5.74, 6) is 0.693. The third-order valence-electron chi connectivity index (χ3n) is 2.70. The summed E-state index contributed by atoms with van der Waals surface area (Å²) in [5.41, 5.74) is 0.747. The monoisotopic (exact) mass is 226 g/mol. The van der Waals surface area contributed by atoms with Crippen LogP contribution >= 0.6 is 0 Å². The summed E-state index contributed by atoms with van der Waals surface area (Å²) < 4.78 is 0. The van der Waals surface area contributed by atoms with E-state index >= 15 is 0 Å². The first kappa shape index (κ1) is 9.89. The molecule has 1 aliphatic rings. The van der Waals surface area contributed by atoms with Gasteiger partial charge < -0.3 is 4.90 Å². The maximum atomic E-state index is 11.9. The molecular formula is C12H10N4O. The Morgan fingerprint density at radius 2 is 2.24 bits per heavy atom. The summed E-state index contributed by atoms with van der Waals surface area (Å²) in [4.78, 5) is 26.5. The minimum absolute atomic E-state index is 0.290. The van der Waals surface area contributed by atoms with Crippen LogP contribution in [0.4, 0.5) is 5.82 Å². The second-order valence-corrected chi connectivity index (χ2v) is 3.90. The Labute approximate surface area is 97.5 Å². The summed E-state index contributed by atoms with van der Waals surface area (Å²) in [6.45, 7) is 0.758. The first-order valence-electron chi connectivity index (χ1n) is 5.30. The van der Waals surface area contributed by atoms with Crippen molar-refractivity contribution in [1.29, 1.82) is 0 Å². The van der Waals surface area contributed by atoms with E-state index in [1.54, 1.807) is 18.3 Å². The van der Waals surface area contributed by atoms with Gasteiger partial charge in [-0.2, -0.15) is 0 Å². The molecule has 0 aromatic carbocycles. The van der Waals surface area contributed by atoms with E-state index < -0.39 is 0 Å². The van der Waals surface area contributed by atoms with Gasteiger partial charge in [-0.25, -0.2) is 15.0 Å². The average molecular weight is 226 g/mol. The lowest BCUT2D eigenvalue weighted by Crippen LogP contribution is -2.21. The van der Waals surface area contributed by atoms with Crippen LogP contribution in [0, 0.1) is 0 Å². The lowest BCUT2D eigenvalue weighted by atomic mass is 10.3. The van der Waals surface area contributed by atoms with Crippen molar-refractivity contribution in [3.05, 3.63) is 40.5 Å². The van der Waals surface area contributed by atoms with Crippen molar-refractivity contribution in [3.8, 4) is 0 Å². The van der Waals surface area contributed by atoms with Gasteiger partial charge in [0.15, 0.2) is 11.5 Å². The summed E-state index contributed by atoms with van der Waals surface area (Å²) in [6.07, 6.45) is 5.40. The molecule has 0 amide bonds. The number of aromatic nitrogens is 3. The molecule has 2 aromatic heterocycles. The van der Waals surface area contributed by atoms with Crippen molar-refractivity contribution in [2.45, 2.75) is 0 Å². The fraction of sp³-hybridized carbons (Fsp3) is 0.167. The maximum absolute atomic E-state index is 11.9. The van der Waals surface area contributed by atoms with Gasteiger partial charge in [0.25, 0.3) is 5.56 Å². The second kappa shape index (κ2) is 3.62. The number of nitrogens with zero attached hydrogens (tertiary/aromatic N) is 4. The SMILES string of the molecule is CN1CC=Cc2nc(=O)c3cccnc3nc21. The largest absolute Gasteiger partial charge is 0.354 e. The Morgan fingerprint density at radius 1 is 1.35 bits per heavy atom. The molecule has 17 heavy (non-hydrogen) atoms. The van der Waals surface area contributed by atoms with Crippen molar-refractivity contribution in [2.75, 3.05) is 18.5 Å². The van der Waals surface area contributed by atoms with Gasteiger partial charge in [0, 0.05) is 19.8 Å². The minimum Gasteiger partial charge on any atom is -0.354 e. The van der Waals surface area contributed by atoms with E-state index in [4.69, 9.17) is 0 Å². The molecule has 5 nitrogen and oxygen atoms in total. The minimum atomic E-state index is -0.290. The van der Waals surface area contributed by atoms with Gasteiger partial charge >= 0.3 is 0 Å². The third-order valence-corrected chi connectivity index (χ3v) is 2.70. The first-order chi connectivity index (χ1) is 8.25. The standard InChI is InChI=1S/C12H10N4O/c1-16-7-3-5-9-11(16)15-10-8(12(17)14-9)4-2-6-13-10/h2-6H,7H2,1H3. The molecule has 0 radical (unpaired) electrons. The van der Waals surface area contributed by atoms with Crippen LogP contribution in [0.2, 0.25) is 0 Å². The van der Waals surface area contributed by atoms with Crippen molar-refractivity contribution in [1.82, 2.24) is 15.0 Å². The van der Waals surface area contributed by atoms with Gasteiger partial charge in [-0.15, -0.1) is 0 Å². The Morgan fingerprint density at radius 3 is 3.12 bits per heavy atom. The summed E-state index contributed by atoms with van der Waals surface area (Å²) in [5, 5.41) is 0.448. The van der Waals surface area contributed by atoms with Gasteiger partial charge in [-0.3, -0.25) is 4.79 Å². The zero-order chi connectivity index (χ0) is 11.8. The number of rotatable bonds is 0. The number of hydrogen-bond acceptors (Lipinski definition) is 5. The molecule has 0 aliphatic carbocycles. The van der Waals surface area contributed by atoms with E-state index in [1.807, 2.05) is 24.1 Å². The average Bonchev–Trinajstić information content (AvgIpc) is 2.47. The number of likely N-dealkylation sites (N-methyl/N-ethyl adjacent to an activating group) is 1. The Balaban J connectivity index is 2.48. The highest BCUT2D eigenvalue weighted by atomic mass is 16.1. The van der Waals surface area contributed by atoms with Gasteiger partial charge in [-0.05, 0) is 18.2 Å². The number of fused-ring (bicyclic) bond motifs is 2. The molecule has 2 aromatic rings. The fourth-order valence-electron chi connectivity index (χ4n) is 1.83. The Bertz CT molecular complexity index is 681. The first-order valence-corrected chi connectivity index (χ1v) is 5.30. The van der Waals surface area contributed by atoms with E-state index in [1.165, 1.54) is 0 Å². The van der Waals surface area contributed by atoms with E-state index in [0.717, 1.165) is 6.54 Å². The Kier molecular flexibility index (Phi) is 2.11. The van der Waals surface area contributed by atoms with Crippen molar-refractivity contribution in [3.63, 3.8) is 0 Å². The molecular weight excluding hydrogens is 216 g/mol. The van der Waals surface area contributed by atoms with Crippen LogP contribution in [0.25, 0.3) is 17.1 Å². The molecule has 0 unspecified atom stereocenters. The van der Waals surface area contributed by atoms with Crippen LogP contribution in [0.3, 0.4) is 0 Å². The van der Waals surface area contributed by atoms with Gasteiger partial charge in [0.05, 0.1) is 5.39 Å². The molecule has 0 spiro atoms. The molecule has 0 saturated carbocycles. The van der Waals surface area contributed by atoms with Crippen LogP contribution in [0.5, 0.6) is 0 Å². The predicted molar refractivity (Wildman–Crippen MR) is 65.9 cm³/mol. The predicted octanol–water partition coefficient (Wildman–Crippen LogP) is 0.848. The number of hydrogen-bond donors (Lipinski definition) is 0. The van der Waals surface area contributed by atoms with Gasteiger partial charge in [-0.1, -0.05) is 6.08 Å². The molecule has 0 atom stereocenters. The zero-order valence-electron chi connectivity index (χ0n) is 9.29. The highest BCUT2D eigenvalue weighted by Gasteiger charge is 2.13. The van der Waals surface area contributed by atoms with Crippen LogP contribution in [0.15, 0.2) is 29.2 Å². The molecule has 84 valence electrons. The summed E-state index contributed by atoms with van der Waals surface area (Å²) >= 11 is 0. The number of anilines is 1. The molecule has 0 fully saturated rings. The molecule has 3 rings (SSSR count). The van der Waals surface area contributed by atoms with Crippen molar-refractivity contribution >= 4 is 22.9 Å². The normalized spacial score (nSPS) is 13.8. The summed E-state index contributed by atoms with van der Waals surface area (Å²) in [6, 6.07) is 3.41. The molecule has 3 heterocycles. The van der Waals surface area contributed by atoms with E-state index in [-0.39, 0.29) is 5.56 Å². The lowest BCUT2D eigenvalue weighted by Gasteiger charge is -2.19. The highest BCUT2D eigenvalue weighted by molar-refractivity contribution is 5.76. The van der Waals surface area contributed by atoms with Crippen LogP contribution in [-0.4, -0.2) is 28.5 Å². The topological polar surface area (TPSA) is 59.0 Å². The van der Waals surface area contributed by atoms with E-state index in [2.05, 4.69) is 15.0 Å². The number of pyridine rings is 1. The van der Waals surface area contributed by atoms with Crippen LogP contribution in [0.1, 0.15) is 5.69 Å². The van der Waals surface area contributed by atoms with Crippen LogP contribution in [-0.2, 0) is 0 Å². The van der Waals surface area contributed by atoms with Gasteiger partial charge in [0.2, 0.25) is 0 Å². The molecule has 0 bridgehead atoms. The van der Waals surface area contributed by atoms with E-state index in [9.17, 15) is 4.79 Å². The smallest absolute Gasteiger partial charge is 0.281 e. The highest BCUT2D eigenvalue weighted by Crippen LogP contribution is 2.19. The quantitative estimate of drug-likeness (QED) is 0.666.